The summed E-state index contributed by atoms with van der Waals surface area (Å²) in [6, 6.07) is 0. The highest BCUT2D eigenvalue weighted by Crippen LogP contribution is 2.22. The van der Waals surface area contributed by atoms with Crippen molar-refractivity contribution in [2.24, 2.45) is 0 Å². The van der Waals surface area contributed by atoms with Gasteiger partial charge in [-0.3, -0.25) is 4.79 Å². The summed E-state index contributed by atoms with van der Waals surface area (Å²) in [4.78, 5) is 18.4. The first-order valence-corrected chi connectivity index (χ1v) is 10.1. The van der Waals surface area contributed by atoms with E-state index in [2.05, 4.69) is 9.71 Å². The maximum absolute atomic E-state index is 12.5. The van der Waals surface area contributed by atoms with Gasteiger partial charge in [-0.05, 0) is 19.3 Å². The number of carbonyl (C=O) groups is 1. The molecule has 2 heterocycles. The molecule has 2 N–H and O–H groups in total. The Bertz CT molecular complexity index is 673. The van der Waals surface area contributed by atoms with Crippen molar-refractivity contribution in [2.45, 2.75) is 44.8 Å². The monoisotopic (exact) mass is 358 g/mol. The molecule has 1 saturated heterocycles. The summed E-state index contributed by atoms with van der Waals surface area (Å²) >= 11 is 0. The third kappa shape index (κ3) is 5.29. The van der Waals surface area contributed by atoms with E-state index in [4.69, 9.17) is 0 Å². The van der Waals surface area contributed by atoms with Crippen molar-refractivity contribution < 1.29 is 18.3 Å². The number of nitrogens with one attached hydrogen (secondary N) is 1. The van der Waals surface area contributed by atoms with Gasteiger partial charge < -0.3 is 14.6 Å². The first-order valence-electron chi connectivity index (χ1n) is 8.17. The molecule has 1 aliphatic heterocycles. The number of carbonyl (C=O) groups excluding carboxylic acids is 1. The zero-order valence-corrected chi connectivity index (χ0v) is 15.0. The fourth-order valence-electron chi connectivity index (χ4n) is 2.91. The number of nitrogens with zero attached hydrogens (tertiary/aromatic N) is 3. The lowest BCUT2D eigenvalue weighted by Gasteiger charge is -2.27. The van der Waals surface area contributed by atoms with E-state index >= 15 is 0 Å². The summed E-state index contributed by atoms with van der Waals surface area (Å²) < 4.78 is 26.6. The molecule has 24 heavy (non-hydrogen) atoms. The lowest BCUT2D eigenvalue weighted by atomic mass is 9.95. The van der Waals surface area contributed by atoms with Crippen LogP contribution in [0.5, 0.6) is 0 Å². The minimum Gasteiger partial charge on any atom is -0.388 e. The van der Waals surface area contributed by atoms with Crippen molar-refractivity contribution in [1.82, 2.24) is 19.2 Å². The number of amides is 1. The quantitative estimate of drug-likeness (QED) is 0.729. The van der Waals surface area contributed by atoms with Crippen molar-refractivity contribution in [1.29, 1.82) is 0 Å². The highest BCUT2D eigenvalue weighted by molar-refractivity contribution is 7.88. The van der Waals surface area contributed by atoms with Crippen LogP contribution in [0.15, 0.2) is 12.4 Å². The van der Waals surface area contributed by atoms with Gasteiger partial charge in [-0.2, -0.15) is 0 Å². The second kappa shape index (κ2) is 7.62. The van der Waals surface area contributed by atoms with Crippen LogP contribution in [-0.4, -0.2) is 65.4 Å². The summed E-state index contributed by atoms with van der Waals surface area (Å²) in [5, 5.41) is 10.6. The standard InChI is InChI=1S/C15H26N4O4S/c1-3-13-16-7-10-19(13)11-14(20)18-8-4-5-15(21,6-9-18)12-17-24(2,22)23/h7,10,17,21H,3-6,8-9,11-12H2,1-2H3. The molecule has 1 amide bonds. The van der Waals surface area contributed by atoms with Crippen LogP contribution in [0.4, 0.5) is 0 Å². The second-order valence-electron chi connectivity index (χ2n) is 6.38. The molecule has 0 spiro atoms. The normalized spacial score (nSPS) is 22.4. The number of aryl methyl sites for hydroxylation is 1. The van der Waals surface area contributed by atoms with Gasteiger partial charge in [0.15, 0.2) is 0 Å². The lowest BCUT2D eigenvalue weighted by Crippen LogP contribution is -2.43. The Morgan fingerprint density at radius 3 is 2.83 bits per heavy atom. The number of likely N-dealkylation sites (tertiary alicyclic amines) is 1. The van der Waals surface area contributed by atoms with Crippen LogP contribution in [0.1, 0.15) is 32.0 Å². The SMILES string of the molecule is CCc1nccn1CC(=O)N1CCCC(O)(CNS(C)(=O)=O)CC1. The number of aliphatic hydroxyl groups is 1. The molecule has 136 valence electrons. The summed E-state index contributed by atoms with van der Waals surface area (Å²) in [6.07, 6.45) is 6.76. The van der Waals surface area contributed by atoms with Crippen molar-refractivity contribution in [3.05, 3.63) is 18.2 Å². The van der Waals surface area contributed by atoms with Crippen LogP contribution in [0, 0.1) is 0 Å². The van der Waals surface area contributed by atoms with Crippen LogP contribution < -0.4 is 4.72 Å². The molecule has 2 rings (SSSR count). The lowest BCUT2D eigenvalue weighted by molar-refractivity contribution is -0.132. The zero-order chi connectivity index (χ0) is 17.8. The highest BCUT2D eigenvalue weighted by Gasteiger charge is 2.32. The van der Waals surface area contributed by atoms with Gasteiger partial charge in [0.05, 0.1) is 11.9 Å². The van der Waals surface area contributed by atoms with E-state index in [1.54, 1.807) is 17.3 Å². The molecule has 0 bridgehead atoms. The van der Waals surface area contributed by atoms with E-state index in [0.29, 0.717) is 32.4 Å². The van der Waals surface area contributed by atoms with E-state index < -0.39 is 15.6 Å². The number of hydrogen-bond acceptors (Lipinski definition) is 5. The molecule has 0 radical (unpaired) electrons. The van der Waals surface area contributed by atoms with E-state index in [1.165, 1.54) is 0 Å². The molecule has 1 fully saturated rings. The molecule has 1 atom stereocenters. The first-order chi connectivity index (χ1) is 11.2. The Labute approximate surface area is 142 Å². The third-order valence-electron chi connectivity index (χ3n) is 4.36. The number of hydrogen-bond donors (Lipinski definition) is 2. The topological polar surface area (TPSA) is 105 Å². The molecule has 8 nitrogen and oxygen atoms in total. The van der Waals surface area contributed by atoms with Crippen LogP contribution in [0.2, 0.25) is 0 Å². The zero-order valence-electron chi connectivity index (χ0n) is 14.2. The van der Waals surface area contributed by atoms with Crippen molar-refractivity contribution in [3.8, 4) is 0 Å². The molecule has 1 aliphatic rings. The molecule has 1 aromatic rings. The van der Waals surface area contributed by atoms with E-state index in [0.717, 1.165) is 18.5 Å². The number of aromatic nitrogens is 2. The van der Waals surface area contributed by atoms with Crippen molar-refractivity contribution in [2.75, 3.05) is 25.9 Å². The molecule has 0 aromatic carbocycles. The molecule has 1 aromatic heterocycles. The van der Waals surface area contributed by atoms with Crippen molar-refractivity contribution >= 4 is 15.9 Å². The second-order valence-corrected chi connectivity index (χ2v) is 8.21. The van der Waals surface area contributed by atoms with Gasteiger partial charge in [0, 0.05) is 38.4 Å². The largest absolute Gasteiger partial charge is 0.388 e. The Balaban J connectivity index is 1.93. The van der Waals surface area contributed by atoms with Crippen LogP contribution >= 0.6 is 0 Å². The Hall–Kier alpha value is -1.45. The molecule has 0 saturated carbocycles. The average Bonchev–Trinajstić information content (AvgIpc) is 2.85. The van der Waals surface area contributed by atoms with Crippen LogP contribution in [-0.2, 0) is 27.8 Å². The minimum atomic E-state index is -3.35. The molecular formula is C15H26N4O4S. The predicted molar refractivity (Wildman–Crippen MR) is 89.8 cm³/mol. The van der Waals surface area contributed by atoms with E-state index in [1.807, 2.05) is 11.5 Å². The Morgan fingerprint density at radius 2 is 2.17 bits per heavy atom. The maximum Gasteiger partial charge on any atom is 0.242 e. The highest BCUT2D eigenvalue weighted by atomic mass is 32.2. The maximum atomic E-state index is 12.5. The Kier molecular flexibility index (Phi) is 6.00. The number of sulfonamides is 1. The molecule has 0 aliphatic carbocycles. The third-order valence-corrected chi connectivity index (χ3v) is 5.03. The van der Waals surface area contributed by atoms with Gasteiger partial charge in [-0.25, -0.2) is 18.1 Å². The summed E-state index contributed by atoms with van der Waals surface area (Å²) in [6.45, 7) is 3.19. The minimum absolute atomic E-state index is 0.0111. The smallest absolute Gasteiger partial charge is 0.242 e. The summed E-state index contributed by atoms with van der Waals surface area (Å²) in [5.74, 6) is 0.857. The predicted octanol–water partition coefficient (Wildman–Crippen LogP) is -0.262. The summed E-state index contributed by atoms with van der Waals surface area (Å²) in [7, 11) is -3.35. The van der Waals surface area contributed by atoms with Gasteiger partial charge in [-0.1, -0.05) is 6.92 Å². The fourth-order valence-corrected chi connectivity index (χ4v) is 3.45. The summed E-state index contributed by atoms with van der Waals surface area (Å²) in [5.41, 5.74) is -1.11. The van der Waals surface area contributed by atoms with Gasteiger partial charge in [0.2, 0.25) is 15.9 Å². The van der Waals surface area contributed by atoms with Gasteiger partial charge in [0.1, 0.15) is 12.4 Å². The van der Waals surface area contributed by atoms with Gasteiger partial charge >= 0.3 is 0 Å². The average molecular weight is 358 g/mol. The number of rotatable bonds is 6. The number of imidazole rings is 1. The van der Waals surface area contributed by atoms with Crippen LogP contribution in [0.25, 0.3) is 0 Å². The van der Waals surface area contributed by atoms with Crippen molar-refractivity contribution in [3.63, 3.8) is 0 Å². The fraction of sp³-hybridized carbons (Fsp3) is 0.733. The van der Waals surface area contributed by atoms with Crippen LogP contribution in [0.3, 0.4) is 0 Å². The molecule has 9 heteroatoms. The Morgan fingerprint density at radius 1 is 1.42 bits per heavy atom. The molecule has 1 unspecified atom stereocenters. The van der Waals surface area contributed by atoms with E-state index in [-0.39, 0.29) is 19.0 Å². The molecular weight excluding hydrogens is 332 g/mol. The van der Waals surface area contributed by atoms with Gasteiger partial charge in [0.25, 0.3) is 0 Å². The first kappa shape index (κ1) is 18.9. The van der Waals surface area contributed by atoms with Gasteiger partial charge in [-0.15, -0.1) is 0 Å². The van der Waals surface area contributed by atoms with E-state index in [9.17, 15) is 18.3 Å².